The lowest BCUT2D eigenvalue weighted by molar-refractivity contribution is 0.683. The molecule has 8 heteroatoms. The van der Waals surface area contributed by atoms with E-state index in [9.17, 15) is 0 Å². The zero-order valence-electron chi connectivity index (χ0n) is 13.3. The van der Waals surface area contributed by atoms with Gasteiger partial charge in [0, 0.05) is 20.6 Å². The van der Waals surface area contributed by atoms with Gasteiger partial charge < -0.3 is 15.2 Å². The monoisotopic (exact) mass is 434 g/mol. The maximum atomic E-state index is 4.23. The van der Waals surface area contributed by atoms with E-state index in [2.05, 4.69) is 49.6 Å². The quantitative estimate of drug-likeness (QED) is 0.431. The van der Waals surface area contributed by atoms with Gasteiger partial charge in [-0.3, -0.25) is 4.99 Å². The van der Waals surface area contributed by atoms with Gasteiger partial charge in [0.1, 0.15) is 5.82 Å². The SMILES string of the molecule is CN=C(NCc1nnc(C)n1C)NCC(C)c1ccsc1.I. The summed E-state index contributed by atoms with van der Waals surface area (Å²) in [5, 5.41) is 19.1. The Morgan fingerprint density at radius 2 is 2.18 bits per heavy atom. The summed E-state index contributed by atoms with van der Waals surface area (Å²) in [6.45, 7) is 5.58. The molecule has 0 saturated carbocycles. The molecule has 0 saturated heterocycles. The van der Waals surface area contributed by atoms with Crippen molar-refractivity contribution >= 4 is 41.3 Å². The minimum atomic E-state index is 0. The fourth-order valence-electron chi connectivity index (χ4n) is 1.91. The smallest absolute Gasteiger partial charge is 0.191 e. The van der Waals surface area contributed by atoms with E-state index >= 15 is 0 Å². The van der Waals surface area contributed by atoms with Crippen molar-refractivity contribution in [1.29, 1.82) is 0 Å². The van der Waals surface area contributed by atoms with E-state index in [0.717, 1.165) is 24.2 Å². The molecule has 2 aromatic rings. The summed E-state index contributed by atoms with van der Waals surface area (Å²) in [4.78, 5) is 4.23. The first-order valence-corrected chi connectivity index (χ1v) is 7.87. The number of aromatic nitrogens is 3. The summed E-state index contributed by atoms with van der Waals surface area (Å²) in [7, 11) is 3.73. The third kappa shape index (κ3) is 4.94. The van der Waals surface area contributed by atoms with Crippen molar-refractivity contribution in [3.8, 4) is 0 Å². The Kier molecular flexibility index (Phi) is 7.80. The highest BCUT2D eigenvalue weighted by Crippen LogP contribution is 2.16. The Morgan fingerprint density at radius 3 is 2.73 bits per heavy atom. The molecule has 0 radical (unpaired) electrons. The standard InChI is InChI=1S/C14H22N6S.HI/c1-10(12-5-6-21-9-12)7-16-14(15-3)17-8-13-19-18-11(2)20(13)4;/h5-6,9-10H,7-8H2,1-4H3,(H2,15,16,17);1H. The number of halogens is 1. The fraction of sp³-hybridized carbons (Fsp3) is 0.500. The molecule has 22 heavy (non-hydrogen) atoms. The molecule has 2 N–H and O–H groups in total. The second-order valence-corrected chi connectivity index (χ2v) is 5.77. The lowest BCUT2D eigenvalue weighted by Gasteiger charge is -2.15. The zero-order chi connectivity index (χ0) is 15.2. The molecule has 2 rings (SSSR count). The molecule has 2 aromatic heterocycles. The number of rotatable bonds is 5. The van der Waals surface area contributed by atoms with Gasteiger partial charge in [0.25, 0.3) is 0 Å². The number of aliphatic imine (C=N–C) groups is 1. The number of aryl methyl sites for hydroxylation is 1. The Bertz CT molecular complexity index is 593. The predicted molar refractivity (Wildman–Crippen MR) is 102 cm³/mol. The summed E-state index contributed by atoms with van der Waals surface area (Å²) in [6, 6.07) is 2.16. The molecule has 1 unspecified atom stereocenters. The molecule has 1 atom stereocenters. The molecule has 0 spiro atoms. The number of nitrogens with one attached hydrogen (secondary N) is 2. The first kappa shape index (κ1) is 18.9. The van der Waals surface area contributed by atoms with Crippen molar-refractivity contribution in [3.63, 3.8) is 0 Å². The molecule has 122 valence electrons. The van der Waals surface area contributed by atoms with E-state index in [1.807, 2.05) is 18.5 Å². The summed E-state index contributed by atoms with van der Waals surface area (Å²) in [5.74, 6) is 3.02. The van der Waals surface area contributed by atoms with Gasteiger partial charge in [-0.05, 0) is 35.2 Å². The van der Waals surface area contributed by atoms with Gasteiger partial charge in [0.15, 0.2) is 11.8 Å². The Hall–Kier alpha value is -1.16. The normalized spacial score (nSPS) is 12.6. The second-order valence-electron chi connectivity index (χ2n) is 4.99. The van der Waals surface area contributed by atoms with Crippen molar-refractivity contribution in [2.75, 3.05) is 13.6 Å². The van der Waals surface area contributed by atoms with Gasteiger partial charge in [0.2, 0.25) is 0 Å². The van der Waals surface area contributed by atoms with Crippen molar-refractivity contribution in [2.45, 2.75) is 26.3 Å². The van der Waals surface area contributed by atoms with E-state index in [0.29, 0.717) is 12.5 Å². The number of thiophene rings is 1. The lowest BCUT2D eigenvalue weighted by atomic mass is 10.1. The van der Waals surface area contributed by atoms with Gasteiger partial charge in [0.05, 0.1) is 6.54 Å². The minimum Gasteiger partial charge on any atom is -0.356 e. The largest absolute Gasteiger partial charge is 0.356 e. The van der Waals surface area contributed by atoms with Crippen molar-refractivity contribution < 1.29 is 0 Å². The summed E-state index contributed by atoms with van der Waals surface area (Å²) in [5.41, 5.74) is 1.35. The molecule has 6 nitrogen and oxygen atoms in total. The van der Waals surface area contributed by atoms with Crippen molar-refractivity contribution in [3.05, 3.63) is 34.0 Å². The van der Waals surface area contributed by atoms with Crippen LogP contribution in [0.15, 0.2) is 21.8 Å². The van der Waals surface area contributed by atoms with Crippen LogP contribution in [0.1, 0.15) is 30.1 Å². The Morgan fingerprint density at radius 1 is 1.41 bits per heavy atom. The van der Waals surface area contributed by atoms with Crippen LogP contribution in [0.25, 0.3) is 0 Å². The average molecular weight is 434 g/mol. The summed E-state index contributed by atoms with van der Waals surface area (Å²) >= 11 is 1.73. The number of hydrogen-bond acceptors (Lipinski definition) is 4. The van der Waals surface area contributed by atoms with E-state index in [-0.39, 0.29) is 24.0 Å². The molecule has 0 aliphatic carbocycles. The maximum Gasteiger partial charge on any atom is 0.191 e. The van der Waals surface area contributed by atoms with Crippen LogP contribution in [0.3, 0.4) is 0 Å². The molecule has 2 heterocycles. The highest BCUT2D eigenvalue weighted by molar-refractivity contribution is 14.0. The van der Waals surface area contributed by atoms with Gasteiger partial charge in [-0.2, -0.15) is 11.3 Å². The average Bonchev–Trinajstić information content (AvgIpc) is 3.12. The highest BCUT2D eigenvalue weighted by Gasteiger charge is 2.08. The summed E-state index contributed by atoms with van der Waals surface area (Å²) in [6.07, 6.45) is 0. The Balaban J connectivity index is 0.00000242. The maximum absolute atomic E-state index is 4.23. The zero-order valence-corrected chi connectivity index (χ0v) is 16.5. The second kappa shape index (κ2) is 9.09. The number of hydrogen-bond donors (Lipinski definition) is 2. The van der Waals surface area contributed by atoms with Crippen LogP contribution in [-0.2, 0) is 13.6 Å². The molecule has 0 bridgehead atoms. The van der Waals surface area contributed by atoms with Crippen LogP contribution < -0.4 is 10.6 Å². The van der Waals surface area contributed by atoms with Gasteiger partial charge in [-0.1, -0.05) is 6.92 Å². The van der Waals surface area contributed by atoms with Crippen LogP contribution in [0.4, 0.5) is 0 Å². The van der Waals surface area contributed by atoms with Gasteiger partial charge in [-0.25, -0.2) is 0 Å². The van der Waals surface area contributed by atoms with Crippen molar-refractivity contribution in [2.24, 2.45) is 12.0 Å². The third-order valence-corrected chi connectivity index (χ3v) is 4.21. The molecule has 0 aromatic carbocycles. The Labute approximate surface area is 152 Å². The first-order chi connectivity index (χ1) is 10.1. The molecule has 0 aliphatic rings. The lowest BCUT2D eigenvalue weighted by Crippen LogP contribution is -2.39. The van der Waals surface area contributed by atoms with Crippen molar-refractivity contribution in [1.82, 2.24) is 25.4 Å². The number of guanidine groups is 1. The topological polar surface area (TPSA) is 67.1 Å². The van der Waals surface area contributed by atoms with Crippen LogP contribution in [0.5, 0.6) is 0 Å². The van der Waals surface area contributed by atoms with E-state index < -0.39 is 0 Å². The molecule has 0 fully saturated rings. The predicted octanol–water partition coefficient (Wildman–Crippen LogP) is 2.27. The minimum absolute atomic E-state index is 0. The first-order valence-electron chi connectivity index (χ1n) is 6.93. The van der Waals surface area contributed by atoms with Gasteiger partial charge >= 0.3 is 0 Å². The fourth-order valence-corrected chi connectivity index (χ4v) is 2.69. The highest BCUT2D eigenvalue weighted by atomic mass is 127. The molecular formula is C14H23IN6S. The van der Waals surface area contributed by atoms with Crippen LogP contribution >= 0.6 is 35.3 Å². The van der Waals surface area contributed by atoms with E-state index in [1.165, 1.54) is 5.56 Å². The number of nitrogens with zero attached hydrogens (tertiary/aromatic N) is 4. The third-order valence-electron chi connectivity index (χ3n) is 3.51. The van der Waals surface area contributed by atoms with Crippen LogP contribution in [0.2, 0.25) is 0 Å². The van der Waals surface area contributed by atoms with E-state index in [4.69, 9.17) is 0 Å². The van der Waals surface area contributed by atoms with Crippen LogP contribution in [-0.4, -0.2) is 34.3 Å². The molecule has 0 aliphatic heterocycles. The van der Waals surface area contributed by atoms with Crippen LogP contribution in [0, 0.1) is 6.92 Å². The van der Waals surface area contributed by atoms with E-state index in [1.54, 1.807) is 18.4 Å². The molecular weight excluding hydrogens is 411 g/mol. The summed E-state index contributed by atoms with van der Waals surface area (Å²) < 4.78 is 1.97. The van der Waals surface area contributed by atoms with Gasteiger partial charge in [-0.15, -0.1) is 34.2 Å². The molecule has 0 amide bonds.